The number of nitrogens with zero attached hydrogens (tertiary/aromatic N) is 3. The van der Waals surface area contributed by atoms with E-state index in [1.54, 1.807) is 25.4 Å². The molecule has 0 saturated heterocycles. The van der Waals surface area contributed by atoms with Gasteiger partial charge in [-0.05, 0) is 37.6 Å². The zero-order valence-corrected chi connectivity index (χ0v) is 14.4. The van der Waals surface area contributed by atoms with Crippen LogP contribution in [0.3, 0.4) is 0 Å². The number of ether oxygens (including phenoxy) is 2. The van der Waals surface area contributed by atoms with Crippen LogP contribution in [0.4, 0.5) is 0 Å². The molecule has 0 aliphatic carbocycles. The number of imidazole rings is 1. The Bertz CT molecular complexity index is 874. The van der Waals surface area contributed by atoms with E-state index in [9.17, 15) is 4.79 Å². The van der Waals surface area contributed by atoms with E-state index in [0.717, 1.165) is 11.3 Å². The summed E-state index contributed by atoms with van der Waals surface area (Å²) < 4.78 is 12.0. The molecule has 3 rings (SSSR count). The lowest BCUT2D eigenvalue weighted by Crippen LogP contribution is -2.26. The van der Waals surface area contributed by atoms with E-state index in [0.29, 0.717) is 23.8 Å². The number of methoxy groups -OCH3 is 1. The molecule has 1 N–H and O–H groups in total. The molecular formula is C18H20N4O3. The van der Waals surface area contributed by atoms with Gasteiger partial charge in [-0.3, -0.25) is 4.79 Å². The van der Waals surface area contributed by atoms with Gasteiger partial charge in [0.2, 0.25) is 5.88 Å². The van der Waals surface area contributed by atoms with E-state index < -0.39 is 0 Å². The minimum Gasteiger partial charge on any atom is -0.497 e. The minimum atomic E-state index is -0.258. The van der Waals surface area contributed by atoms with Crippen LogP contribution in [0, 0.1) is 0 Å². The summed E-state index contributed by atoms with van der Waals surface area (Å²) in [6.07, 6.45) is 1.59. The predicted octanol–water partition coefficient (Wildman–Crippen LogP) is 2.63. The number of amides is 1. The number of carbonyl (C=O) groups excluding carboxylic acids is 1. The van der Waals surface area contributed by atoms with Crippen LogP contribution in [-0.4, -0.2) is 34.2 Å². The molecule has 3 aromatic rings. The molecule has 1 aromatic carbocycles. The summed E-state index contributed by atoms with van der Waals surface area (Å²) >= 11 is 0. The van der Waals surface area contributed by atoms with Crippen molar-refractivity contribution in [3.8, 4) is 11.6 Å². The molecule has 0 spiro atoms. The minimum absolute atomic E-state index is 0.157. The predicted molar refractivity (Wildman–Crippen MR) is 93.0 cm³/mol. The average Bonchev–Trinajstić information content (AvgIpc) is 3.05. The molecule has 7 heteroatoms. The number of hydrogen-bond donors (Lipinski definition) is 1. The Balaban J connectivity index is 1.74. The number of nitrogens with one attached hydrogen (secondary N) is 1. The number of benzene rings is 1. The first kappa shape index (κ1) is 16.8. The molecule has 25 heavy (non-hydrogen) atoms. The molecule has 0 bridgehead atoms. The zero-order valence-electron chi connectivity index (χ0n) is 14.4. The van der Waals surface area contributed by atoms with Crippen molar-refractivity contribution in [2.24, 2.45) is 0 Å². The van der Waals surface area contributed by atoms with Crippen LogP contribution in [0.15, 0.2) is 42.6 Å². The third-order valence-corrected chi connectivity index (χ3v) is 3.78. The Morgan fingerprint density at radius 2 is 2.00 bits per heavy atom. The Labute approximate surface area is 145 Å². The maximum atomic E-state index is 12.5. The van der Waals surface area contributed by atoms with Gasteiger partial charge < -0.3 is 14.8 Å². The molecular weight excluding hydrogens is 320 g/mol. The fraction of sp³-hybridized carbons (Fsp3) is 0.278. The van der Waals surface area contributed by atoms with Gasteiger partial charge in [0.05, 0.1) is 26.0 Å². The van der Waals surface area contributed by atoms with Crippen molar-refractivity contribution in [1.29, 1.82) is 0 Å². The van der Waals surface area contributed by atoms with Crippen LogP contribution in [0.2, 0.25) is 0 Å². The lowest BCUT2D eigenvalue weighted by molar-refractivity contribution is 0.0935. The first-order chi connectivity index (χ1) is 12.1. The highest BCUT2D eigenvalue weighted by atomic mass is 16.5. The third kappa shape index (κ3) is 3.71. The maximum absolute atomic E-state index is 12.5. The van der Waals surface area contributed by atoms with E-state index in [-0.39, 0.29) is 11.9 Å². The van der Waals surface area contributed by atoms with Gasteiger partial charge in [-0.2, -0.15) is 0 Å². The first-order valence-electron chi connectivity index (χ1n) is 8.04. The molecule has 1 atom stereocenters. The summed E-state index contributed by atoms with van der Waals surface area (Å²) in [6.45, 7) is 4.33. The van der Waals surface area contributed by atoms with Crippen LogP contribution >= 0.6 is 0 Å². The van der Waals surface area contributed by atoms with Crippen LogP contribution in [0.5, 0.6) is 11.6 Å². The van der Waals surface area contributed by atoms with Gasteiger partial charge in [-0.1, -0.05) is 12.1 Å². The quantitative estimate of drug-likeness (QED) is 0.746. The Morgan fingerprint density at radius 3 is 2.68 bits per heavy atom. The standard InChI is InChI=1S/C18H20N4O3/c1-4-25-17-10-9-16-20-15(11-22(16)21-17)18(23)19-12(2)13-5-7-14(24-3)8-6-13/h5-12H,4H2,1-3H3,(H,19,23). The van der Waals surface area contributed by atoms with Crippen LogP contribution < -0.4 is 14.8 Å². The number of fused-ring (bicyclic) bond motifs is 1. The molecule has 1 unspecified atom stereocenters. The Hall–Kier alpha value is -3.09. The van der Waals surface area contributed by atoms with Crippen molar-refractivity contribution in [3.05, 3.63) is 53.9 Å². The number of rotatable bonds is 6. The van der Waals surface area contributed by atoms with E-state index in [2.05, 4.69) is 15.4 Å². The topological polar surface area (TPSA) is 77.8 Å². The van der Waals surface area contributed by atoms with Gasteiger partial charge in [0.25, 0.3) is 5.91 Å². The van der Waals surface area contributed by atoms with Crippen molar-refractivity contribution in [3.63, 3.8) is 0 Å². The Kier molecular flexibility index (Phi) is 4.83. The molecule has 0 fully saturated rings. The van der Waals surface area contributed by atoms with Crippen molar-refractivity contribution in [2.45, 2.75) is 19.9 Å². The van der Waals surface area contributed by atoms with Gasteiger partial charge in [0.15, 0.2) is 5.65 Å². The van der Waals surface area contributed by atoms with Crippen molar-refractivity contribution in [1.82, 2.24) is 19.9 Å². The summed E-state index contributed by atoms with van der Waals surface area (Å²) in [7, 11) is 1.62. The number of aromatic nitrogens is 3. The van der Waals surface area contributed by atoms with Gasteiger partial charge in [-0.25, -0.2) is 9.50 Å². The summed E-state index contributed by atoms with van der Waals surface area (Å²) in [5.74, 6) is 1.01. The zero-order chi connectivity index (χ0) is 17.8. The molecule has 0 aliphatic rings. The summed E-state index contributed by atoms with van der Waals surface area (Å²) in [6, 6.07) is 10.9. The van der Waals surface area contributed by atoms with Gasteiger partial charge in [0.1, 0.15) is 11.4 Å². The van der Waals surface area contributed by atoms with Gasteiger partial charge >= 0.3 is 0 Å². The van der Waals surface area contributed by atoms with E-state index in [1.165, 1.54) is 4.52 Å². The molecule has 130 valence electrons. The van der Waals surface area contributed by atoms with Crippen LogP contribution in [-0.2, 0) is 0 Å². The molecule has 0 aliphatic heterocycles. The molecule has 0 radical (unpaired) electrons. The monoisotopic (exact) mass is 340 g/mol. The Morgan fingerprint density at radius 1 is 1.24 bits per heavy atom. The maximum Gasteiger partial charge on any atom is 0.272 e. The fourth-order valence-electron chi connectivity index (χ4n) is 2.45. The summed E-state index contributed by atoms with van der Waals surface area (Å²) in [5.41, 5.74) is 1.88. The van der Waals surface area contributed by atoms with Gasteiger partial charge in [-0.15, -0.1) is 5.10 Å². The second kappa shape index (κ2) is 7.21. The number of hydrogen-bond acceptors (Lipinski definition) is 5. The average molecular weight is 340 g/mol. The van der Waals surface area contributed by atoms with Crippen molar-refractivity contribution >= 4 is 11.6 Å². The summed E-state index contributed by atoms with van der Waals surface area (Å²) in [4.78, 5) is 16.8. The molecule has 2 aromatic heterocycles. The lowest BCUT2D eigenvalue weighted by atomic mass is 10.1. The second-order valence-corrected chi connectivity index (χ2v) is 5.50. The normalized spacial score (nSPS) is 12.0. The molecule has 0 saturated carbocycles. The largest absolute Gasteiger partial charge is 0.497 e. The molecule has 7 nitrogen and oxygen atoms in total. The smallest absolute Gasteiger partial charge is 0.272 e. The number of carbonyl (C=O) groups is 1. The van der Waals surface area contributed by atoms with Crippen molar-refractivity contribution in [2.75, 3.05) is 13.7 Å². The highest BCUT2D eigenvalue weighted by Gasteiger charge is 2.15. The second-order valence-electron chi connectivity index (χ2n) is 5.50. The lowest BCUT2D eigenvalue weighted by Gasteiger charge is -2.13. The first-order valence-corrected chi connectivity index (χ1v) is 8.04. The highest BCUT2D eigenvalue weighted by molar-refractivity contribution is 5.93. The molecule has 1 amide bonds. The van der Waals surface area contributed by atoms with Crippen molar-refractivity contribution < 1.29 is 14.3 Å². The third-order valence-electron chi connectivity index (χ3n) is 3.78. The fourth-order valence-corrected chi connectivity index (χ4v) is 2.45. The van der Waals surface area contributed by atoms with Crippen LogP contribution in [0.25, 0.3) is 5.65 Å². The molecule has 2 heterocycles. The van der Waals surface area contributed by atoms with E-state index in [4.69, 9.17) is 9.47 Å². The SMILES string of the molecule is CCOc1ccc2nc(C(=O)NC(C)c3ccc(OC)cc3)cn2n1. The van der Waals surface area contributed by atoms with Gasteiger partial charge in [0, 0.05) is 6.07 Å². The van der Waals surface area contributed by atoms with E-state index in [1.807, 2.05) is 38.1 Å². The summed E-state index contributed by atoms with van der Waals surface area (Å²) in [5, 5.41) is 7.20. The van der Waals surface area contributed by atoms with Crippen LogP contribution in [0.1, 0.15) is 35.9 Å². The highest BCUT2D eigenvalue weighted by Crippen LogP contribution is 2.18. The van der Waals surface area contributed by atoms with E-state index >= 15 is 0 Å².